The lowest BCUT2D eigenvalue weighted by molar-refractivity contribution is -0.117. The largest absolute Gasteiger partial charge is 0.384 e. The first kappa shape index (κ1) is 12.4. The molecule has 0 aliphatic carbocycles. The maximum absolute atomic E-state index is 12.8. The van der Waals surface area contributed by atoms with Crippen LogP contribution in [-0.4, -0.2) is 19.6 Å². The molecule has 0 spiro atoms. The van der Waals surface area contributed by atoms with Gasteiger partial charge in [-0.25, -0.2) is 4.39 Å². The number of ether oxygens (including phenoxy) is 1. The summed E-state index contributed by atoms with van der Waals surface area (Å²) < 4.78 is 18.2. The number of carbonyl (C=O) groups excluding carboxylic acids is 1. The van der Waals surface area contributed by atoms with Crippen LogP contribution in [0.4, 0.5) is 10.1 Å². The Morgan fingerprint density at radius 3 is 2.93 bits per heavy atom. The van der Waals surface area contributed by atoms with Crippen LogP contribution in [0.25, 0.3) is 0 Å². The minimum atomic E-state index is -0.311. The average Bonchev–Trinajstić information content (AvgIpc) is 2.19. The summed E-state index contributed by atoms with van der Waals surface area (Å²) in [6.45, 7) is 0.379. The van der Waals surface area contributed by atoms with E-state index in [4.69, 9.17) is 4.74 Å². The molecule has 0 atom stereocenters. The van der Waals surface area contributed by atoms with Gasteiger partial charge in [0, 0.05) is 10.7 Å². The van der Waals surface area contributed by atoms with Gasteiger partial charge in [-0.05, 0) is 40.8 Å². The molecule has 1 amide bonds. The molecule has 0 aliphatic rings. The predicted octanol–water partition coefficient (Wildman–Crippen LogP) is 2.41. The van der Waals surface area contributed by atoms with Crippen LogP contribution in [0.2, 0.25) is 0 Å². The fourth-order valence-electron chi connectivity index (χ4n) is 0.998. The van der Waals surface area contributed by atoms with Crippen LogP contribution in [-0.2, 0) is 9.53 Å². The Labute approximate surface area is 101 Å². The van der Waals surface area contributed by atoms with Crippen LogP contribution < -0.4 is 5.32 Å². The smallest absolute Gasteiger partial charge is 0.226 e. The molecule has 15 heavy (non-hydrogen) atoms. The lowest BCUT2D eigenvalue weighted by atomic mass is 10.3. The fraction of sp³-hybridized carbons (Fsp3) is 0.300. The molecule has 0 bridgehead atoms. The first-order chi connectivity index (χ1) is 7.13. The van der Waals surface area contributed by atoms with Crippen molar-refractivity contribution < 1.29 is 13.9 Å². The summed E-state index contributed by atoms with van der Waals surface area (Å²) in [5.74, 6) is -0.448. The molecule has 1 aromatic rings. The molecule has 0 radical (unpaired) electrons. The highest BCUT2D eigenvalue weighted by molar-refractivity contribution is 14.1. The van der Waals surface area contributed by atoms with Crippen molar-refractivity contribution >= 4 is 34.2 Å². The molecule has 5 heteroatoms. The SMILES string of the molecule is COCCC(=O)Nc1ccc(F)cc1I. The molecule has 1 rings (SSSR count). The van der Waals surface area contributed by atoms with Crippen molar-refractivity contribution in [3.8, 4) is 0 Å². The van der Waals surface area contributed by atoms with E-state index in [1.54, 1.807) is 6.07 Å². The normalized spacial score (nSPS) is 10.1. The minimum absolute atomic E-state index is 0.138. The van der Waals surface area contributed by atoms with E-state index in [9.17, 15) is 9.18 Å². The standard InChI is InChI=1S/C10H11FINO2/c1-15-5-4-10(14)13-9-3-2-7(11)6-8(9)12/h2-3,6H,4-5H2,1H3,(H,13,14). The van der Waals surface area contributed by atoms with Crippen LogP contribution in [0.1, 0.15) is 6.42 Å². The van der Waals surface area contributed by atoms with Crippen molar-refractivity contribution in [3.63, 3.8) is 0 Å². The third-order valence-corrected chi connectivity index (χ3v) is 2.63. The summed E-state index contributed by atoms with van der Waals surface area (Å²) in [6.07, 6.45) is 0.296. The van der Waals surface area contributed by atoms with Gasteiger partial charge in [0.1, 0.15) is 5.82 Å². The molecule has 0 aliphatic heterocycles. The first-order valence-electron chi connectivity index (χ1n) is 4.37. The number of rotatable bonds is 4. The summed E-state index contributed by atoms with van der Waals surface area (Å²) in [5, 5.41) is 2.68. The third kappa shape index (κ3) is 4.13. The van der Waals surface area contributed by atoms with Crippen molar-refractivity contribution in [2.45, 2.75) is 6.42 Å². The zero-order valence-electron chi connectivity index (χ0n) is 8.22. The molecule has 82 valence electrons. The van der Waals surface area contributed by atoms with Gasteiger partial charge in [0.15, 0.2) is 0 Å². The number of hydrogen-bond donors (Lipinski definition) is 1. The maximum Gasteiger partial charge on any atom is 0.226 e. The van der Waals surface area contributed by atoms with Gasteiger partial charge in [-0.15, -0.1) is 0 Å². The zero-order valence-corrected chi connectivity index (χ0v) is 10.4. The number of carbonyl (C=O) groups is 1. The highest BCUT2D eigenvalue weighted by Gasteiger charge is 2.05. The van der Waals surface area contributed by atoms with E-state index in [0.717, 1.165) is 0 Å². The van der Waals surface area contributed by atoms with Gasteiger partial charge in [-0.1, -0.05) is 0 Å². The molecular weight excluding hydrogens is 312 g/mol. The van der Waals surface area contributed by atoms with Crippen molar-refractivity contribution in [1.82, 2.24) is 0 Å². The fourth-order valence-corrected chi connectivity index (χ4v) is 1.61. The second-order valence-electron chi connectivity index (χ2n) is 2.92. The van der Waals surface area contributed by atoms with Gasteiger partial charge in [0.2, 0.25) is 5.91 Å². The van der Waals surface area contributed by atoms with Gasteiger partial charge in [-0.3, -0.25) is 4.79 Å². The number of nitrogens with one attached hydrogen (secondary N) is 1. The lowest BCUT2D eigenvalue weighted by Crippen LogP contribution is -2.14. The van der Waals surface area contributed by atoms with E-state index < -0.39 is 0 Å². The van der Waals surface area contributed by atoms with Crippen LogP contribution in [0.3, 0.4) is 0 Å². The van der Waals surface area contributed by atoms with E-state index in [0.29, 0.717) is 22.3 Å². The molecule has 0 saturated heterocycles. The van der Waals surface area contributed by atoms with Crippen molar-refractivity contribution in [2.75, 3.05) is 19.0 Å². The molecule has 1 aromatic carbocycles. The number of halogens is 2. The Bertz CT molecular complexity index is 357. The highest BCUT2D eigenvalue weighted by Crippen LogP contribution is 2.18. The van der Waals surface area contributed by atoms with E-state index in [1.165, 1.54) is 19.2 Å². The molecule has 1 N–H and O–H groups in total. The Morgan fingerprint density at radius 2 is 2.33 bits per heavy atom. The molecule has 0 aromatic heterocycles. The zero-order chi connectivity index (χ0) is 11.3. The summed E-state index contributed by atoms with van der Waals surface area (Å²) in [7, 11) is 1.54. The molecule has 3 nitrogen and oxygen atoms in total. The van der Waals surface area contributed by atoms with E-state index >= 15 is 0 Å². The van der Waals surface area contributed by atoms with E-state index in [-0.39, 0.29) is 11.7 Å². The maximum atomic E-state index is 12.8. The van der Waals surface area contributed by atoms with Gasteiger partial charge in [0.05, 0.1) is 18.7 Å². The number of benzene rings is 1. The number of anilines is 1. The molecule has 0 unspecified atom stereocenters. The van der Waals surface area contributed by atoms with Gasteiger partial charge in [-0.2, -0.15) is 0 Å². The Balaban J connectivity index is 2.60. The second-order valence-corrected chi connectivity index (χ2v) is 4.08. The van der Waals surface area contributed by atoms with E-state index in [2.05, 4.69) is 5.32 Å². The lowest BCUT2D eigenvalue weighted by Gasteiger charge is -2.06. The topological polar surface area (TPSA) is 38.3 Å². The minimum Gasteiger partial charge on any atom is -0.384 e. The summed E-state index contributed by atoms with van der Waals surface area (Å²) in [5.41, 5.74) is 0.623. The summed E-state index contributed by atoms with van der Waals surface area (Å²) >= 11 is 1.97. The van der Waals surface area contributed by atoms with Crippen molar-refractivity contribution in [1.29, 1.82) is 0 Å². The summed E-state index contributed by atoms with van der Waals surface area (Å²) in [4.78, 5) is 11.3. The van der Waals surface area contributed by atoms with Crippen molar-refractivity contribution in [2.24, 2.45) is 0 Å². The number of hydrogen-bond acceptors (Lipinski definition) is 2. The van der Waals surface area contributed by atoms with Gasteiger partial charge < -0.3 is 10.1 Å². The Morgan fingerprint density at radius 1 is 1.60 bits per heavy atom. The van der Waals surface area contributed by atoms with Crippen LogP contribution >= 0.6 is 22.6 Å². The van der Waals surface area contributed by atoms with Crippen LogP contribution in [0, 0.1) is 9.39 Å². The Kier molecular flexibility index (Phi) is 4.97. The van der Waals surface area contributed by atoms with Crippen LogP contribution in [0.15, 0.2) is 18.2 Å². The molecule has 0 saturated carbocycles. The highest BCUT2D eigenvalue weighted by atomic mass is 127. The van der Waals surface area contributed by atoms with Gasteiger partial charge >= 0.3 is 0 Å². The van der Waals surface area contributed by atoms with Crippen LogP contribution in [0.5, 0.6) is 0 Å². The molecule has 0 fully saturated rings. The quantitative estimate of drug-likeness (QED) is 0.864. The van der Waals surface area contributed by atoms with Gasteiger partial charge in [0.25, 0.3) is 0 Å². The first-order valence-corrected chi connectivity index (χ1v) is 5.45. The van der Waals surface area contributed by atoms with E-state index in [1.807, 2.05) is 22.6 Å². The second kappa shape index (κ2) is 6.02. The number of amides is 1. The third-order valence-electron chi connectivity index (χ3n) is 1.74. The molecule has 0 heterocycles. The summed E-state index contributed by atoms with van der Waals surface area (Å²) in [6, 6.07) is 4.22. The predicted molar refractivity (Wildman–Crippen MR) is 64.2 cm³/mol. The van der Waals surface area contributed by atoms with Crippen molar-refractivity contribution in [3.05, 3.63) is 27.6 Å². The Hall–Kier alpha value is -0.690. The molecular formula is C10H11FINO2. The average molecular weight is 323 g/mol. The number of methoxy groups -OCH3 is 1. The monoisotopic (exact) mass is 323 g/mol.